The number of carbonyl (C=O) groups excluding carboxylic acids is 7. The third-order valence-electron chi connectivity index (χ3n) is 15.7. The summed E-state index contributed by atoms with van der Waals surface area (Å²) in [7, 11) is -3.74. The number of aliphatic carboxylic acids is 8. The van der Waals surface area contributed by atoms with E-state index >= 15 is 4.11 Å². The lowest BCUT2D eigenvalue weighted by molar-refractivity contribution is -0.143. The van der Waals surface area contributed by atoms with Crippen molar-refractivity contribution < 1.29 is 117 Å². The second-order valence-electron chi connectivity index (χ2n) is 25.4. The Kier molecular flexibility index (Phi) is 35.8. The quantitative estimate of drug-likeness (QED) is 0.0193. The average molecular weight is 1400 g/mol. The minimum Gasteiger partial charge on any atom is -0.481 e. The molecule has 544 valence electrons. The molecule has 37 heteroatoms. The van der Waals surface area contributed by atoms with E-state index in [1.807, 2.05) is 52.2 Å². The number of carboxylic acids is 8. The van der Waals surface area contributed by atoms with Crippen LogP contribution in [0.1, 0.15) is 123 Å². The van der Waals surface area contributed by atoms with Crippen molar-refractivity contribution in [1.29, 1.82) is 0 Å². The van der Waals surface area contributed by atoms with E-state index in [4.69, 9.17) is 5.11 Å². The van der Waals surface area contributed by atoms with Crippen molar-refractivity contribution in [3.05, 3.63) is 29.8 Å². The fourth-order valence-corrected chi connectivity index (χ4v) is 15.3. The second kappa shape index (κ2) is 41.2. The Balaban J connectivity index is 2.11. The second-order valence-corrected chi connectivity index (χ2v) is 30.3. The van der Waals surface area contributed by atoms with Crippen LogP contribution in [0.3, 0.4) is 0 Å². The first-order valence-electron chi connectivity index (χ1n) is 31.5. The van der Waals surface area contributed by atoms with E-state index < -0.39 is 190 Å². The Morgan fingerprint density at radius 1 is 0.412 bits per heavy atom. The predicted octanol–water partition coefficient (Wildman–Crippen LogP) is -1.95. The van der Waals surface area contributed by atoms with Gasteiger partial charge in [0.1, 0.15) is 30.2 Å². The molecule has 35 nitrogen and oxygen atoms in total. The fraction of sp³-hybridized carbons (Fsp3) is 0.650. The Labute approximate surface area is 560 Å². The monoisotopic (exact) mass is 1400 g/mol. The van der Waals surface area contributed by atoms with Gasteiger partial charge in [0.15, 0.2) is 0 Å². The van der Waals surface area contributed by atoms with Crippen molar-refractivity contribution in [2.75, 3.05) is 98.2 Å². The highest BCUT2D eigenvalue weighted by Crippen LogP contribution is 2.51. The molecule has 0 radical (unpaired) electrons. The zero-order valence-electron chi connectivity index (χ0n) is 55.4. The summed E-state index contributed by atoms with van der Waals surface area (Å²) < 4.78 is 17.1. The van der Waals surface area contributed by atoms with Gasteiger partial charge in [0.05, 0.1) is 26.2 Å². The number of nitrogens with one attached hydrogen (secondary N) is 8. The number of hydrogen-bond donors (Lipinski definition) is 16. The lowest BCUT2D eigenvalue weighted by atomic mass is 10.1. The standard InChI is InChI=1S/C60H95FN12O23Si/c1-59(2,3)97(61,60(4,5)6)38-14-12-37(13-15-38)52(86)64-32-43(66-47(77)33-70-24-26-71(34-49(80)81)28-30-73(36-51(84)85)31-29-72(27-25-70)35-50(82)83)53(87)67-40(55(90)91)10-7-8-22-62-44(74)19-20-45(75)63-23-9-11-39(54(88)89)65-46(76)18-16-41(56(92)93)68-58(96)69-42(57(94)95)17-21-48(78)79/h12-15,39-43H,7-11,16-36H2,1-6H3,(H,62,74)(H,63,75)(H,64,86)(H,65,76)(H,66,77)(H,67,87)(H,78,79)(H,80,81)(H,82,83)(H,84,85)(H,88,89)(H,90,91)(H,92,93)(H,94,95)(H2,68,69,96)/t39-,40?,41+,42+,43+/m1/s1. The van der Waals surface area contributed by atoms with Crippen molar-refractivity contribution >= 4 is 103 Å². The topological polar surface area (TPSA) is 527 Å². The third kappa shape index (κ3) is 32.1. The minimum atomic E-state index is -3.74. The molecule has 0 saturated carbocycles. The van der Waals surface area contributed by atoms with Crippen LogP contribution in [0.4, 0.5) is 8.90 Å². The van der Waals surface area contributed by atoms with E-state index in [0.29, 0.717) is 5.19 Å². The molecule has 1 unspecified atom stereocenters. The zero-order valence-corrected chi connectivity index (χ0v) is 56.4. The molecule has 0 aromatic heterocycles. The van der Waals surface area contributed by atoms with Crippen LogP contribution >= 0.6 is 0 Å². The lowest BCUT2D eigenvalue weighted by Crippen LogP contribution is -2.58. The smallest absolute Gasteiger partial charge is 0.326 e. The molecular weight excluding hydrogens is 1300 g/mol. The highest BCUT2D eigenvalue weighted by atomic mass is 28.4. The molecule has 1 aromatic rings. The molecule has 16 N–H and O–H groups in total. The van der Waals surface area contributed by atoms with Gasteiger partial charge in [0.2, 0.25) is 29.5 Å². The SMILES string of the molecule is CC(C)(C)[Si](F)(c1ccc(C(=O)NC[C@H](NC(=O)CN2CCN(CC(=O)O)CCN(CC(=O)O)CCN(CC(=O)O)CC2)C(=O)NC(CCCCNC(=O)CCC(=O)NCCC[C@@H](NC(=O)CC[C@H](NC(=O)N[C@@H](CCC(=O)O)C(=O)O)C(=O)O)C(=O)O)C(=O)O)cc1)C(C)(C)C. The normalized spacial score (nSPS) is 15.5. The number of rotatable bonds is 40. The first kappa shape index (κ1) is 84.1. The van der Waals surface area contributed by atoms with Crippen molar-refractivity contribution in [1.82, 2.24) is 62.1 Å². The lowest BCUT2D eigenvalue weighted by Gasteiger charge is -2.44. The van der Waals surface area contributed by atoms with Gasteiger partial charge in [-0.15, -0.1) is 0 Å². The Hall–Kier alpha value is -8.94. The van der Waals surface area contributed by atoms with Gasteiger partial charge < -0.3 is 87.5 Å². The van der Waals surface area contributed by atoms with Gasteiger partial charge in [-0.25, -0.2) is 24.0 Å². The van der Waals surface area contributed by atoms with E-state index in [1.54, 1.807) is 9.80 Å². The van der Waals surface area contributed by atoms with Gasteiger partial charge in [-0.1, -0.05) is 53.7 Å². The Morgan fingerprint density at radius 3 is 1.19 bits per heavy atom. The third-order valence-corrected chi connectivity index (χ3v) is 20.9. The largest absolute Gasteiger partial charge is 0.481 e. The van der Waals surface area contributed by atoms with Gasteiger partial charge in [-0.2, -0.15) is 0 Å². The molecule has 1 aromatic carbocycles. The Morgan fingerprint density at radius 2 is 0.784 bits per heavy atom. The van der Waals surface area contributed by atoms with E-state index in [-0.39, 0.29) is 123 Å². The van der Waals surface area contributed by atoms with Crippen LogP contribution in [-0.4, -0.2) is 286 Å². The average Bonchev–Trinajstić information content (AvgIpc) is 0.749. The molecule has 1 aliphatic heterocycles. The van der Waals surface area contributed by atoms with Crippen molar-refractivity contribution in [2.24, 2.45) is 0 Å². The van der Waals surface area contributed by atoms with Crippen LogP contribution in [0.5, 0.6) is 0 Å². The number of benzene rings is 1. The summed E-state index contributed by atoms with van der Waals surface area (Å²) in [6, 6.07) is -3.44. The van der Waals surface area contributed by atoms with Crippen LogP contribution in [0, 0.1) is 0 Å². The summed E-state index contributed by atoms with van der Waals surface area (Å²) in [4.78, 5) is 192. The Bertz CT molecular complexity index is 2870. The van der Waals surface area contributed by atoms with Gasteiger partial charge in [-0.05, 0) is 72.3 Å². The van der Waals surface area contributed by atoms with Crippen LogP contribution in [-0.2, 0) is 62.3 Å². The molecular formula is C60H95FN12O23Si. The highest BCUT2D eigenvalue weighted by Gasteiger charge is 2.56. The van der Waals surface area contributed by atoms with Crippen LogP contribution in [0.25, 0.3) is 0 Å². The minimum absolute atomic E-state index is 0.00362. The van der Waals surface area contributed by atoms with Crippen molar-refractivity contribution in [2.45, 2.75) is 152 Å². The first-order valence-corrected chi connectivity index (χ1v) is 33.4. The predicted molar refractivity (Wildman–Crippen MR) is 343 cm³/mol. The molecule has 0 spiro atoms. The van der Waals surface area contributed by atoms with E-state index in [1.165, 1.54) is 34.1 Å². The summed E-state index contributed by atoms with van der Waals surface area (Å²) in [5.74, 6) is -15.7. The molecule has 1 heterocycles. The molecule has 97 heavy (non-hydrogen) atoms. The molecule has 2 rings (SSSR count). The number of halogens is 1. The van der Waals surface area contributed by atoms with E-state index in [0.717, 1.165) is 0 Å². The van der Waals surface area contributed by atoms with E-state index in [9.17, 15) is 108 Å². The summed E-state index contributed by atoms with van der Waals surface area (Å²) in [5.41, 5.74) is 0.0755. The number of hydrogen-bond acceptors (Lipinski definition) is 19. The molecule has 0 aliphatic carbocycles. The van der Waals surface area contributed by atoms with Crippen LogP contribution < -0.4 is 47.7 Å². The summed E-state index contributed by atoms with van der Waals surface area (Å²) in [5, 5.41) is 94.0. The maximum atomic E-state index is 17.1. The fourth-order valence-electron chi connectivity index (χ4n) is 10.7. The number of amides is 8. The van der Waals surface area contributed by atoms with E-state index in [2.05, 4.69) is 31.9 Å². The molecule has 5 atom stereocenters. The number of carbonyl (C=O) groups is 15. The highest BCUT2D eigenvalue weighted by molar-refractivity contribution is 6.90. The van der Waals surface area contributed by atoms with Gasteiger partial charge >= 0.3 is 53.8 Å². The molecule has 1 fully saturated rings. The molecule has 1 saturated heterocycles. The van der Waals surface area contributed by atoms with Gasteiger partial charge in [0.25, 0.3) is 14.3 Å². The van der Waals surface area contributed by atoms with Crippen LogP contribution in [0.2, 0.25) is 10.1 Å². The first-order chi connectivity index (χ1) is 45.2. The summed E-state index contributed by atoms with van der Waals surface area (Å²) in [6.45, 7) is 9.06. The van der Waals surface area contributed by atoms with Crippen molar-refractivity contribution in [3.63, 3.8) is 0 Å². The number of carboxylic acid groups (broad SMARTS) is 8. The summed E-state index contributed by atoms with van der Waals surface area (Å²) in [6.07, 6.45) is -3.03. The zero-order chi connectivity index (χ0) is 73.4. The number of urea groups is 1. The summed E-state index contributed by atoms with van der Waals surface area (Å²) >= 11 is 0. The number of unbranched alkanes of at least 4 members (excludes halogenated alkanes) is 1. The van der Waals surface area contributed by atoms with Gasteiger partial charge in [-0.3, -0.25) is 67.5 Å². The molecule has 1 aliphatic rings. The van der Waals surface area contributed by atoms with Crippen molar-refractivity contribution in [3.8, 4) is 0 Å². The van der Waals surface area contributed by atoms with Gasteiger partial charge in [0, 0.05) is 103 Å². The van der Waals surface area contributed by atoms with Crippen LogP contribution in [0.15, 0.2) is 24.3 Å². The molecule has 8 amide bonds. The maximum Gasteiger partial charge on any atom is 0.326 e. The maximum absolute atomic E-state index is 17.1. The molecule has 0 bridgehead atoms. The number of nitrogens with zero attached hydrogens (tertiary/aromatic N) is 4.